The number of ketones is 1. The van der Waals surface area contributed by atoms with Crippen LogP contribution in [-0.4, -0.2) is 41.0 Å². The van der Waals surface area contributed by atoms with E-state index in [9.17, 15) is 19.5 Å². The summed E-state index contributed by atoms with van der Waals surface area (Å²) in [5.74, 6) is -1.09. The molecular formula is C23H21N3O5. The highest BCUT2D eigenvalue weighted by molar-refractivity contribution is 6.01. The van der Waals surface area contributed by atoms with Crippen molar-refractivity contribution < 1.29 is 24.2 Å². The van der Waals surface area contributed by atoms with E-state index in [0.717, 1.165) is 24.2 Å². The number of carboxylic acids is 1. The van der Waals surface area contributed by atoms with Gasteiger partial charge in [0.25, 0.3) is 0 Å². The largest absolute Gasteiger partial charge is 0.476 e. The summed E-state index contributed by atoms with van der Waals surface area (Å²) in [6.45, 7) is 1.16. The Balaban J connectivity index is 1.56. The first-order valence-corrected chi connectivity index (χ1v) is 9.92. The Morgan fingerprint density at radius 1 is 1.13 bits per heavy atom. The van der Waals surface area contributed by atoms with Crippen LogP contribution >= 0.6 is 0 Å². The monoisotopic (exact) mass is 419 g/mol. The molecule has 2 heterocycles. The number of anilines is 2. The standard InChI is InChI=1S/C23H21N3O5/c27-18-7-4-10-26(13-18)17-9-8-16-11-20(21(22(28)29)24-19(16)12-17)25-23(30)31-14-15-5-2-1-3-6-15/h1-3,5-6,8-9,11-12H,4,7,10,13-14H2,(H,25,30)(H,28,29). The maximum atomic E-state index is 12.2. The van der Waals surface area contributed by atoms with E-state index < -0.39 is 12.1 Å². The molecule has 1 aliphatic rings. The third kappa shape index (κ3) is 4.80. The zero-order valence-corrected chi connectivity index (χ0v) is 16.7. The smallest absolute Gasteiger partial charge is 0.412 e. The van der Waals surface area contributed by atoms with Crippen LogP contribution in [0, 0.1) is 0 Å². The van der Waals surface area contributed by atoms with Crippen LogP contribution in [0.1, 0.15) is 28.9 Å². The van der Waals surface area contributed by atoms with Crippen molar-refractivity contribution >= 4 is 40.1 Å². The van der Waals surface area contributed by atoms with E-state index in [2.05, 4.69) is 10.3 Å². The molecule has 0 saturated carbocycles. The SMILES string of the molecule is O=C1CCCN(c2ccc3cc(NC(=O)OCc4ccccc4)c(C(=O)O)nc3c2)C1. The highest BCUT2D eigenvalue weighted by Gasteiger charge is 2.20. The second kappa shape index (κ2) is 8.83. The number of ether oxygens (including phenoxy) is 1. The van der Waals surface area contributed by atoms with Crippen LogP contribution in [0.15, 0.2) is 54.6 Å². The third-order valence-electron chi connectivity index (χ3n) is 5.07. The van der Waals surface area contributed by atoms with Crippen LogP contribution in [0.3, 0.4) is 0 Å². The van der Waals surface area contributed by atoms with Gasteiger partial charge in [0, 0.05) is 24.0 Å². The highest BCUT2D eigenvalue weighted by Crippen LogP contribution is 2.27. The minimum Gasteiger partial charge on any atom is -0.476 e. The molecule has 0 spiro atoms. The summed E-state index contributed by atoms with van der Waals surface area (Å²) >= 11 is 0. The van der Waals surface area contributed by atoms with E-state index >= 15 is 0 Å². The first-order valence-electron chi connectivity index (χ1n) is 9.92. The maximum absolute atomic E-state index is 12.2. The molecule has 0 radical (unpaired) electrons. The van der Waals surface area contributed by atoms with Gasteiger partial charge in [-0.05, 0) is 30.2 Å². The summed E-state index contributed by atoms with van der Waals surface area (Å²) in [7, 11) is 0. The Morgan fingerprint density at radius 3 is 2.68 bits per heavy atom. The number of aromatic carboxylic acids is 1. The van der Waals surface area contributed by atoms with Gasteiger partial charge in [-0.3, -0.25) is 10.1 Å². The topological polar surface area (TPSA) is 109 Å². The van der Waals surface area contributed by atoms with Crippen molar-refractivity contribution in [3.63, 3.8) is 0 Å². The second-order valence-electron chi connectivity index (χ2n) is 7.32. The first-order chi connectivity index (χ1) is 15.0. The number of nitrogens with one attached hydrogen (secondary N) is 1. The van der Waals surface area contributed by atoms with Crippen LogP contribution in [0.5, 0.6) is 0 Å². The zero-order valence-electron chi connectivity index (χ0n) is 16.7. The fraction of sp³-hybridized carbons (Fsp3) is 0.217. The van der Waals surface area contributed by atoms with Crippen LogP contribution in [0.2, 0.25) is 0 Å². The van der Waals surface area contributed by atoms with Gasteiger partial charge >= 0.3 is 12.1 Å². The lowest BCUT2D eigenvalue weighted by molar-refractivity contribution is -0.118. The van der Waals surface area contributed by atoms with Gasteiger partial charge in [0.1, 0.15) is 6.61 Å². The van der Waals surface area contributed by atoms with Crippen LogP contribution in [0.25, 0.3) is 10.9 Å². The normalized spacial score (nSPS) is 13.8. The quantitative estimate of drug-likeness (QED) is 0.646. The highest BCUT2D eigenvalue weighted by atomic mass is 16.5. The number of nitrogens with zero attached hydrogens (tertiary/aromatic N) is 2. The molecule has 8 heteroatoms. The lowest BCUT2D eigenvalue weighted by Crippen LogP contribution is -2.35. The fourth-order valence-corrected chi connectivity index (χ4v) is 3.54. The minimum absolute atomic E-state index is 0.0546. The van der Waals surface area contributed by atoms with E-state index in [4.69, 9.17) is 4.74 Å². The van der Waals surface area contributed by atoms with Crippen LogP contribution in [0.4, 0.5) is 16.2 Å². The predicted molar refractivity (Wildman–Crippen MR) is 115 cm³/mol. The van der Waals surface area contributed by atoms with Crippen molar-refractivity contribution in [2.45, 2.75) is 19.4 Å². The minimum atomic E-state index is -1.26. The molecule has 8 nitrogen and oxygen atoms in total. The molecule has 31 heavy (non-hydrogen) atoms. The fourth-order valence-electron chi connectivity index (χ4n) is 3.54. The van der Waals surface area contributed by atoms with Gasteiger partial charge < -0.3 is 14.7 Å². The van der Waals surface area contributed by atoms with Gasteiger partial charge in [-0.1, -0.05) is 36.4 Å². The van der Waals surface area contributed by atoms with Crippen molar-refractivity contribution in [1.29, 1.82) is 0 Å². The predicted octanol–water partition coefficient (Wildman–Crippen LogP) is 3.85. The van der Waals surface area contributed by atoms with Gasteiger partial charge in [0.15, 0.2) is 11.5 Å². The molecule has 1 saturated heterocycles. The number of benzene rings is 2. The summed E-state index contributed by atoms with van der Waals surface area (Å²) < 4.78 is 5.18. The molecular weight excluding hydrogens is 398 g/mol. The second-order valence-corrected chi connectivity index (χ2v) is 7.32. The number of piperidine rings is 1. The van der Waals surface area contributed by atoms with Crippen molar-refractivity contribution in [3.05, 3.63) is 65.9 Å². The molecule has 1 fully saturated rings. The molecule has 1 amide bonds. The molecule has 4 rings (SSSR count). The van der Waals surface area contributed by atoms with Crippen LogP contribution in [-0.2, 0) is 16.1 Å². The Kier molecular flexibility index (Phi) is 5.79. The first kappa shape index (κ1) is 20.3. The van der Waals surface area contributed by atoms with Gasteiger partial charge in [-0.2, -0.15) is 0 Å². The summed E-state index contributed by atoms with van der Waals surface area (Å²) in [5, 5.41) is 12.7. The maximum Gasteiger partial charge on any atom is 0.412 e. The Hall–Kier alpha value is -3.94. The molecule has 158 valence electrons. The Morgan fingerprint density at radius 2 is 1.94 bits per heavy atom. The molecule has 2 N–H and O–H groups in total. The number of carbonyl (C=O) groups excluding carboxylic acids is 2. The van der Waals surface area contributed by atoms with E-state index in [-0.39, 0.29) is 23.8 Å². The molecule has 1 aromatic heterocycles. The van der Waals surface area contributed by atoms with E-state index in [0.29, 0.717) is 23.9 Å². The Labute approximate surface area is 178 Å². The van der Waals surface area contributed by atoms with Gasteiger partial charge in [0.2, 0.25) is 0 Å². The molecule has 0 atom stereocenters. The third-order valence-corrected chi connectivity index (χ3v) is 5.07. The van der Waals surface area contributed by atoms with Gasteiger partial charge in [-0.15, -0.1) is 0 Å². The van der Waals surface area contributed by atoms with Gasteiger partial charge in [0.05, 0.1) is 17.7 Å². The summed E-state index contributed by atoms with van der Waals surface area (Å²) in [6.07, 6.45) is 0.607. The zero-order chi connectivity index (χ0) is 21.8. The number of rotatable bonds is 5. The van der Waals surface area contributed by atoms with Crippen LogP contribution < -0.4 is 10.2 Å². The van der Waals surface area contributed by atoms with Crippen molar-refractivity contribution in [1.82, 2.24) is 4.98 Å². The number of fused-ring (bicyclic) bond motifs is 1. The van der Waals surface area contributed by atoms with Crippen molar-refractivity contribution in [2.75, 3.05) is 23.3 Å². The summed E-state index contributed by atoms with van der Waals surface area (Å²) in [5.41, 5.74) is 1.87. The number of pyridine rings is 1. The van der Waals surface area contributed by atoms with E-state index in [1.165, 1.54) is 0 Å². The molecule has 0 unspecified atom stereocenters. The number of hydrogen-bond donors (Lipinski definition) is 2. The average molecular weight is 419 g/mol. The lowest BCUT2D eigenvalue weighted by Gasteiger charge is -2.28. The number of hydrogen-bond acceptors (Lipinski definition) is 6. The summed E-state index contributed by atoms with van der Waals surface area (Å²) in [6, 6.07) is 16.1. The average Bonchev–Trinajstić information content (AvgIpc) is 2.77. The van der Waals surface area contributed by atoms with Crippen molar-refractivity contribution in [2.24, 2.45) is 0 Å². The number of Topliss-reactive ketones (excluding diaryl/α,β-unsaturated/α-hetero) is 1. The number of carbonyl (C=O) groups is 3. The van der Waals surface area contributed by atoms with Gasteiger partial charge in [-0.25, -0.2) is 14.6 Å². The molecule has 1 aliphatic heterocycles. The lowest BCUT2D eigenvalue weighted by atomic mass is 10.1. The summed E-state index contributed by atoms with van der Waals surface area (Å²) in [4.78, 5) is 41.9. The van der Waals surface area contributed by atoms with Crippen molar-refractivity contribution in [3.8, 4) is 0 Å². The number of aromatic nitrogens is 1. The molecule has 0 bridgehead atoms. The number of carboxylic acid groups (broad SMARTS) is 1. The molecule has 3 aromatic rings. The van der Waals surface area contributed by atoms with E-state index in [1.54, 1.807) is 18.2 Å². The number of amides is 1. The Bertz CT molecular complexity index is 1150. The molecule has 0 aliphatic carbocycles. The molecule has 2 aromatic carbocycles. The van der Waals surface area contributed by atoms with E-state index in [1.807, 2.05) is 41.3 Å².